The van der Waals surface area contributed by atoms with Crippen LogP contribution in [0.2, 0.25) is 0 Å². The first kappa shape index (κ1) is 12.5. The van der Waals surface area contributed by atoms with Crippen LogP contribution in [-0.4, -0.2) is 32.4 Å². The normalized spacial score (nSPS) is 23.3. The lowest BCUT2D eigenvalue weighted by molar-refractivity contribution is -0.124. The molecule has 0 radical (unpaired) electrons. The Kier molecular flexibility index (Phi) is 4.57. The number of hydrogen-bond donors (Lipinski definition) is 1. The largest absolute Gasteiger partial charge is 0.356 e. The van der Waals surface area contributed by atoms with Crippen LogP contribution < -0.4 is 5.32 Å². The molecule has 4 nitrogen and oxygen atoms in total. The van der Waals surface area contributed by atoms with E-state index in [0.29, 0.717) is 6.42 Å². The van der Waals surface area contributed by atoms with E-state index in [1.165, 1.54) is 0 Å². The average molecular weight is 233 g/mol. The summed E-state index contributed by atoms with van der Waals surface area (Å²) in [4.78, 5) is 11.5. The minimum atomic E-state index is -2.93. The Hall–Kier alpha value is -0.580. The van der Waals surface area contributed by atoms with E-state index in [2.05, 4.69) is 5.32 Å². The average Bonchev–Trinajstić information content (AvgIpc) is 2.40. The zero-order valence-electron chi connectivity index (χ0n) is 9.16. The number of rotatable bonds is 4. The minimum Gasteiger partial charge on any atom is -0.356 e. The molecule has 1 rings (SSSR count). The fraction of sp³-hybridized carbons (Fsp3) is 0.900. The number of carbonyl (C=O) groups is 1. The number of carbonyl (C=O) groups excluding carboxylic acids is 1. The highest BCUT2D eigenvalue weighted by Crippen LogP contribution is 2.17. The van der Waals surface area contributed by atoms with Crippen LogP contribution in [0, 0.1) is 5.92 Å². The fourth-order valence-electron chi connectivity index (χ4n) is 1.74. The smallest absolute Gasteiger partial charge is 0.223 e. The lowest BCUT2D eigenvalue weighted by atomic mass is 10.0. The summed E-state index contributed by atoms with van der Waals surface area (Å²) in [6, 6.07) is 0. The summed E-state index contributed by atoms with van der Waals surface area (Å²) < 4.78 is 22.6. The maximum atomic E-state index is 11.5. The van der Waals surface area contributed by atoms with E-state index < -0.39 is 9.84 Å². The highest BCUT2D eigenvalue weighted by Gasteiger charge is 2.22. The summed E-state index contributed by atoms with van der Waals surface area (Å²) in [5, 5.41) is 2.82. The van der Waals surface area contributed by atoms with Gasteiger partial charge < -0.3 is 5.32 Å². The van der Waals surface area contributed by atoms with Crippen molar-refractivity contribution in [2.45, 2.75) is 32.6 Å². The van der Waals surface area contributed by atoms with E-state index in [4.69, 9.17) is 0 Å². The first-order valence-corrected chi connectivity index (χ1v) is 7.35. The van der Waals surface area contributed by atoms with Gasteiger partial charge in [0.25, 0.3) is 0 Å². The predicted molar refractivity (Wildman–Crippen MR) is 59.3 cm³/mol. The summed E-state index contributed by atoms with van der Waals surface area (Å²) in [6.07, 6.45) is 3.31. The second kappa shape index (κ2) is 5.49. The van der Waals surface area contributed by atoms with Crippen molar-refractivity contribution in [1.82, 2.24) is 5.32 Å². The van der Waals surface area contributed by atoms with Gasteiger partial charge in [0.2, 0.25) is 5.91 Å². The van der Waals surface area contributed by atoms with Crippen LogP contribution in [0.3, 0.4) is 0 Å². The SMILES string of the molecule is CCS(=O)(=O)CCC1CCCCNC1=O. The van der Waals surface area contributed by atoms with Gasteiger partial charge in [-0.2, -0.15) is 0 Å². The van der Waals surface area contributed by atoms with Crippen LogP contribution in [0.5, 0.6) is 0 Å². The van der Waals surface area contributed by atoms with Crippen molar-refractivity contribution < 1.29 is 13.2 Å². The molecular formula is C10H19NO3S. The summed E-state index contributed by atoms with van der Waals surface area (Å²) in [5.41, 5.74) is 0. The standard InChI is InChI=1S/C10H19NO3S/c1-2-15(13,14)8-6-9-5-3-4-7-11-10(9)12/h9H,2-8H2,1H3,(H,11,12). The Balaban J connectivity index is 2.46. The van der Waals surface area contributed by atoms with Gasteiger partial charge in [-0.25, -0.2) is 8.42 Å². The third kappa shape index (κ3) is 4.20. The molecule has 1 fully saturated rings. The highest BCUT2D eigenvalue weighted by atomic mass is 32.2. The quantitative estimate of drug-likeness (QED) is 0.778. The van der Waals surface area contributed by atoms with Crippen LogP contribution in [0.4, 0.5) is 0 Å². The lowest BCUT2D eigenvalue weighted by Crippen LogP contribution is -2.30. The lowest BCUT2D eigenvalue weighted by Gasteiger charge is -2.12. The Labute approximate surface area is 91.4 Å². The number of sulfone groups is 1. The van der Waals surface area contributed by atoms with Gasteiger partial charge in [-0.3, -0.25) is 4.79 Å². The molecular weight excluding hydrogens is 214 g/mol. The van der Waals surface area contributed by atoms with Crippen LogP contribution >= 0.6 is 0 Å². The molecule has 0 aromatic carbocycles. The van der Waals surface area contributed by atoms with Gasteiger partial charge in [-0.05, 0) is 19.3 Å². The molecule has 0 aromatic rings. The van der Waals surface area contributed by atoms with Crippen molar-refractivity contribution in [3.05, 3.63) is 0 Å². The molecule has 1 amide bonds. The topological polar surface area (TPSA) is 63.2 Å². The van der Waals surface area contributed by atoms with Gasteiger partial charge in [0.15, 0.2) is 0 Å². The minimum absolute atomic E-state index is 0.0267. The molecule has 15 heavy (non-hydrogen) atoms. The zero-order chi connectivity index (χ0) is 11.3. The van der Waals surface area contributed by atoms with E-state index in [1.807, 2.05) is 0 Å². The fourth-order valence-corrected chi connectivity index (χ4v) is 2.68. The monoisotopic (exact) mass is 233 g/mol. The third-order valence-electron chi connectivity index (χ3n) is 2.87. The molecule has 1 aliphatic rings. The number of hydrogen-bond acceptors (Lipinski definition) is 3. The van der Waals surface area contributed by atoms with E-state index >= 15 is 0 Å². The summed E-state index contributed by atoms with van der Waals surface area (Å²) >= 11 is 0. The van der Waals surface area contributed by atoms with Gasteiger partial charge in [-0.15, -0.1) is 0 Å². The molecule has 0 aliphatic carbocycles. The second-order valence-corrected chi connectivity index (χ2v) is 6.48. The molecule has 1 N–H and O–H groups in total. The molecule has 1 atom stereocenters. The van der Waals surface area contributed by atoms with Crippen molar-refractivity contribution in [1.29, 1.82) is 0 Å². The van der Waals surface area contributed by atoms with Crippen molar-refractivity contribution >= 4 is 15.7 Å². The van der Waals surface area contributed by atoms with E-state index in [0.717, 1.165) is 25.8 Å². The Bertz CT molecular complexity index is 311. The molecule has 0 saturated carbocycles. The Morgan fingerprint density at radius 1 is 1.40 bits per heavy atom. The summed E-state index contributed by atoms with van der Waals surface area (Å²) in [5.74, 6) is 0.232. The van der Waals surface area contributed by atoms with Gasteiger partial charge in [0, 0.05) is 18.2 Å². The van der Waals surface area contributed by atoms with Crippen LogP contribution in [0.1, 0.15) is 32.6 Å². The van der Waals surface area contributed by atoms with Crippen LogP contribution in [-0.2, 0) is 14.6 Å². The van der Waals surface area contributed by atoms with Gasteiger partial charge >= 0.3 is 0 Å². The van der Waals surface area contributed by atoms with Gasteiger partial charge in [0.1, 0.15) is 9.84 Å². The van der Waals surface area contributed by atoms with Gasteiger partial charge in [0.05, 0.1) is 5.75 Å². The Morgan fingerprint density at radius 3 is 2.80 bits per heavy atom. The molecule has 88 valence electrons. The molecule has 5 heteroatoms. The Morgan fingerprint density at radius 2 is 2.13 bits per heavy atom. The molecule has 1 saturated heterocycles. The van der Waals surface area contributed by atoms with Crippen molar-refractivity contribution in [2.24, 2.45) is 5.92 Å². The molecule has 1 unspecified atom stereocenters. The molecule has 0 aromatic heterocycles. The summed E-state index contributed by atoms with van der Waals surface area (Å²) in [7, 11) is -2.93. The molecule has 0 spiro atoms. The predicted octanol–water partition coefficient (Wildman–Crippen LogP) is 0.727. The van der Waals surface area contributed by atoms with Crippen molar-refractivity contribution in [2.75, 3.05) is 18.1 Å². The first-order chi connectivity index (χ1) is 7.05. The molecule has 1 aliphatic heterocycles. The van der Waals surface area contributed by atoms with Crippen LogP contribution in [0.25, 0.3) is 0 Å². The number of nitrogens with one attached hydrogen (secondary N) is 1. The van der Waals surface area contributed by atoms with E-state index in [-0.39, 0.29) is 23.3 Å². The first-order valence-electron chi connectivity index (χ1n) is 5.53. The highest BCUT2D eigenvalue weighted by molar-refractivity contribution is 7.91. The third-order valence-corrected chi connectivity index (χ3v) is 4.60. The van der Waals surface area contributed by atoms with E-state index in [9.17, 15) is 13.2 Å². The van der Waals surface area contributed by atoms with Crippen LogP contribution in [0.15, 0.2) is 0 Å². The van der Waals surface area contributed by atoms with Crippen molar-refractivity contribution in [3.8, 4) is 0 Å². The second-order valence-electron chi connectivity index (χ2n) is 4.01. The maximum absolute atomic E-state index is 11.5. The van der Waals surface area contributed by atoms with E-state index in [1.54, 1.807) is 6.92 Å². The summed E-state index contributed by atoms with van der Waals surface area (Å²) in [6.45, 7) is 2.37. The molecule has 0 bridgehead atoms. The molecule has 1 heterocycles. The van der Waals surface area contributed by atoms with Gasteiger partial charge in [-0.1, -0.05) is 13.3 Å². The maximum Gasteiger partial charge on any atom is 0.223 e. The van der Waals surface area contributed by atoms with Crippen molar-refractivity contribution in [3.63, 3.8) is 0 Å². The number of amides is 1. The zero-order valence-corrected chi connectivity index (χ0v) is 9.98.